The van der Waals surface area contributed by atoms with Gasteiger partial charge in [0.05, 0.1) is 12.1 Å². The van der Waals surface area contributed by atoms with Crippen molar-refractivity contribution in [3.05, 3.63) is 72.2 Å². The second-order valence-corrected chi connectivity index (χ2v) is 6.68. The summed E-state index contributed by atoms with van der Waals surface area (Å²) in [4.78, 5) is 0. The molecule has 0 radical (unpaired) electrons. The third-order valence-corrected chi connectivity index (χ3v) is 4.94. The molecule has 0 saturated heterocycles. The smallest absolute Gasteiger partial charge is 0.416 e. The number of halogens is 4. The van der Waals surface area contributed by atoms with Crippen LogP contribution in [0.2, 0.25) is 0 Å². The summed E-state index contributed by atoms with van der Waals surface area (Å²) >= 11 is 0. The molecule has 2 heterocycles. The summed E-state index contributed by atoms with van der Waals surface area (Å²) in [5.74, 6) is 1.07. The molecular weight excluding hydrogens is 417 g/mol. The summed E-state index contributed by atoms with van der Waals surface area (Å²) < 4.78 is 43.6. The van der Waals surface area contributed by atoms with E-state index < -0.39 is 11.7 Å². The van der Waals surface area contributed by atoms with Gasteiger partial charge in [-0.2, -0.15) is 17.7 Å². The third kappa shape index (κ3) is 3.95. The van der Waals surface area contributed by atoms with Gasteiger partial charge in [0.2, 0.25) is 0 Å². The highest BCUT2D eigenvalue weighted by atomic mass is 79.9. The predicted octanol–water partition coefficient (Wildman–Crippen LogP) is 2.18. The molecule has 0 fully saturated rings. The van der Waals surface area contributed by atoms with Crippen LogP contribution in [0.25, 0.3) is 16.9 Å². The molecule has 0 atom stereocenters. The van der Waals surface area contributed by atoms with Crippen molar-refractivity contribution in [1.82, 2.24) is 4.57 Å². The van der Waals surface area contributed by atoms with Gasteiger partial charge in [0.15, 0.2) is 5.69 Å². The van der Waals surface area contributed by atoms with Gasteiger partial charge in [0.1, 0.15) is 11.9 Å². The number of benzene rings is 2. The number of nitrogens with zero attached hydrogens (tertiary/aromatic N) is 2. The number of fused-ring (bicyclic) bond motifs is 1. The number of rotatable bonds is 2. The minimum absolute atomic E-state index is 0. The molecule has 3 aromatic rings. The van der Waals surface area contributed by atoms with Crippen molar-refractivity contribution in [3.8, 4) is 16.9 Å². The van der Waals surface area contributed by atoms with E-state index >= 15 is 0 Å². The number of alkyl halides is 3. The Hall–Kier alpha value is -2.08. The van der Waals surface area contributed by atoms with Gasteiger partial charge in [-0.1, -0.05) is 36.4 Å². The Morgan fingerprint density at radius 1 is 0.889 bits per heavy atom. The van der Waals surface area contributed by atoms with Crippen LogP contribution in [0.5, 0.6) is 0 Å². The Bertz CT molecular complexity index is 917. The van der Waals surface area contributed by atoms with E-state index in [-0.39, 0.29) is 17.0 Å². The predicted molar refractivity (Wildman–Crippen MR) is 94.0 cm³/mol. The topological polar surface area (TPSA) is 8.81 Å². The van der Waals surface area contributed by atoms with Gasteiger partial charge in [-0.3, -0.25) is 0 Å². The summed E-state index contributed by atoms with van der Waals surface area (Å²) in [6, 6.07) is 15.6. The van der Waals surface area contributed by atoms with Crippen molar-refractivity contribution in [2.24, 2.45) is 0 Å². The molecule has 1 aliphatic heterocycles. The standard InChI is InChI=1S/C21H20F3N2.BrH/c22-21(23,24)17-10-7-11-18(14-17)26-15-19(16-8-3-1-4-9-16)25-13-6-2-5-12-20(25)26;/h1,3-4,7-11,14-15H,2,5-6,12-13H2;1H/q+1;/p-1. The van der Waals surface area contributed by atoms with Gasteiger partial charge in [0.25, 0.3) is 5.82 Å². The SMILES string of the molecule is FC(F)(F)c1cccc(-n2cc(-c3ccccc3)[n+]3c2CCCCC3)c1.[Br-]. The fraction of sp³-hybridized carbons (Fsp3) is 0.286. The molecular formula is C21H20BrF3N2. The number of imidazole rings is 1. The first kappa shape index (κ1) is 19.7. The van der Waals surface area contributed by atoms with E-state index in [0.29, 0.717) is 5.69 Å². The van der Waals surface area contributed by atoms with Gasteiger partial charge in [-0.25, -0.2) is 4.57 Å². The summed E-state index contributed by atoms with van der Waals surface area (Å²) in [5, 5.41) is 0. The lowest BCUT2D eigenvalue weighted by Crippen LogP contribution is -3.00. The van der Waals surface area contributed by atoms with E-state index in [1.54, 1.807) is 6.07 Å². The van der Waals surface area contributed by atoms with Crippen molar-refractivity contribution >= 4 is 0 Å². The molecule has 6 heteroatoms. The van der Waals surface area contributed by atoms with E-state index in [1.807, 2.05) is 41.1 Å². The Labute approximate surface area is 167 Å². The molecule has 0 saturated carbocycles. The van der Waals surface area contributed by atoms with E-state index in [4.69, 9.17) is 0 Å². The van der Waals surface area contributed by atoms with Crippen LogP contribution < -0.4 is 21.5 Å². The molecule has 27 heavy (non-hydrogen) atoms. The highest BCUT2D eigenvalue weighted by molar-refractivity contribution is 5.56. The van der Waals surface area contributed by atoms with Crippen LogP contribution in [0.4, 0.5) is 13.2 Å². The molecule has 142 valence electrons. The normalized spacial score (nSPS) is 14.2. The number of hydrogen-bond donors (Lipinski definition) is 0. The quantitative estimate of drug-likeness (QED) is 0.544. The van der Waals surface area contributed by atoms with E-state index in [9.17, 15) is 13.2 Å². The van der Waals surface area contributed by atoms with Crippen molar-refractivity contribution < 1.29 is 34.7 Å². The maximum absolute atomic E-state index is 13.1. The second kappa shape index (κ2) is 7.89. The molecule has 2 nitrogen and oxygen atoms in total. The average Bonchev–Trinajstić information content (AvgIpc) is 2.83. The molecule has 1 aliphatic rings. The van der Waals surface area contributed by atoms with Crippen molar-refractivity contribution in [2.45, 2.75) is 38.4 Å². The molecule has 0 amide bonds. The summed E-state index contributed by atoms with van der Waals surface area (Å²) in [6.07, 6.45) is 1.78. The highest BCUT2D eigenvalue weighted by Gasteiger charge is 2.32. The lowest BCUT2D eigenvalue weighted by atomic mass is 10.1. The molecule has 4 rings (SSSR count). The maximum Gasteiger partial charge on any atom is 0.416 e. The molecule has 1 aromatic heterocycles. The Kier molecular flexibility index (Phi) is 5.75. The van der Waals surface area contributed by atoms with E-state index in [1.165, 1.54) is 12.1 Å². The van der Waals surface area contributed by atoms with Gasteiger partial charge in [-0.05, 0) is 37.5 Å². The van der Waals surface area contributed by atoms with Crippen LogP contribution in [-0.2, 0) is 19.1 Å². The molecule has 0 N–H and O–H groups in total. The van der Waals surface area contributed by atoms with Crippen molar-refractivity contribution in [3.63, 3.8) is 0 Å². The van der Waals surface area contributed by atoms with Crippen LogP contribution in [0, 0.1) is 0 Å². The molecule has 0 unspecified atom stereocenters. The van der Waals surface area contributed by atoms with Crippen molar-refractivity contribution in [2.75, 3.05) is 0 Å². The molecule has 2 aromatic carbocycles. The Morgan fingerprint density at radius 3 is 2.41 bits per heavy atom. The minimum Gasteiger partial charge on any atom is -1.00 e. The van der Waals surface area contributed by atoms with Crippen LogP contribution in [0.3, 0.4) is 0 Å². The van der Waals surface area contributed by atoms with Gasteiger partial charge < -0.3 is 17.0 Å². The number of hydrogen-bond acceptors (Lipinski definition) is 0. The average molecular weight is 437 g/mol. The van der Waals surface area contributed by atoms with Crippen LogP contribution in [-0.4, -0.2) is 4.57 Å². The van der Waals surface area contributed by atoms with Gasteiger partial charge in [0, 0.05) is 12.0 Å². The van der Waals surface area contributed by atoms with E-state index in [2.05, 4.69) is 4.57 Å². The zero-order valence-corrected chi connectivity index (χ0v) is 16.3. The summed E-state index contributed by atoms with van der Waals surface area (Å²) in [6.45, 7) is 0.894. The Morgan fingerprint density at radius 2 is 1.67 bits per heavy atom. The molecule has 0 bridgehead atoms. The first-order chi connectivity index (χ1) is 12.5. The molecule has 0 spiro atoms. The first-order valence-corrected chi connectivity index (χ1v) is 8.91. The second-order valence-electron chi connectivity index (χ2n) is 6.68. The first-order valence-electron chi connectivity index (χ1n) is 8.91. The fourth-order valence-corrected chi connectivity index (χ4v) is 3.67. The summed E-state index contributed by atoms with van der Waals surface area (Å²) in [5.41, 5.74) is 2.09. The Balaban J connectivity index is 0.00000210. The summed E-state index contributed by atoms with van der Waals surface area (Å²) in [7, 11) is 0. The maximum atomic E-state index is 13.1. The largest absolute Gasteiger partial charge is 1.00 e. The highest BCUT2D eigenvalue weighted by Crippen LogP contribution is 2.31. The molecule has 0 aliphatic carbocycles. The van der Waals surface area contributed by atoms with Crippen molar-refractivity contribution in [1.29, 1.82) is 0 Å². The van der Waals surface area contributed by atoms with Crippen LogP contribution >= 0.6 is 0 Å². The fourth-order valence-electron chi connectivity index (χ4n) is 3.67. The monoisotopic (exact) mass is 436 g/mol. The third-order valence-electron chi connectivity index (χ3n) is 4.94. The van der Waals surface area contributed by atoms with Crippen LogP contribution in [0.15, 0.2) is 60.8 Å². The van der Waals surface area contributed by atoms with Gasteiger partial charge >= 0.3 is 6.18 Å². The zero-order chi connectivity index (χ0) is 18.1. The lowest BCUT2D eigenvalue weighted by molar-refractivity contribution is -0.692. The minimum atomic E-state index is -4.34. The van der Waals surface area contributed by atoms with E-state index in [0.717, 1.165) is 55.4 Å². The van der Waals surface area contributed by atoms with Crippen LogP contribution in [0.1, 0.15) is 30.7 Å². The lowest BCUT2D eigenvalue weighted by Gasteiger charge is -2.08. The zero-order valence-electron chi connectivity index (χ0n) is 14.7. The number of aromatic nitrogens is 2. The van der Waals surface area contributed by atoms with Gasteiger partial charge in [-0.15, -0.1) is 0 Å².